The van der Waals surface area contributed by atoms with Gasteiger partial charge >= 0.3 is 5.97 Å². The zero-order valence-corrected chi connectivity index (χ0v) is 22.5. The van der Waals surface area contributed by atoms with E-state index in [1.807, 2.05) is 36.4 Å². The summed E-state index contributed by atoms with van der Waals surface area (Å²) in [5.41, 5.74) is 2.13. The van der Waals surface area contributed by atoms with E-state index in [0.717, 1.165) is 11.1 Å². The number of halogens is 1. The summed E-state index contributed by atoms with van der Waals surface area (Å²) in [6, 6.07) is 12.2. The van der Waals surface area contributed by atoms with E-state index in [-0.39, 0.29) is 12.2 Å². The molecule has 0 aliphatic carbocycles. The third-order valence-electron chi connectivity index (χ3n) is 5.53. The molecule has 0 spiro atoms. The summed E-state index contributed by atoms with van der Waals surface area (Å²) in [5, 5.41) is 0. The van der Waals surface area contributed by atoms with E-state index in [0.29, 0.717) is 43.2 Å². The molecular formula is C27H25BrN2O5S. The lowest BCUT2D eigenvalue weighted by molar-refractivity contribution is -0.139. The van der Waals surface area contributed by atoms with Gasteiger partial charge in [-0.2, -0.15) is 0 Å². The second-order valence-corrected chi connectivity index (χ2v) is 9.73. The largest absolute Gasteiger partial charge is 0.496 e. The first-order valence-electron chi connectivity index (χ1n) is 11.2. The van der Waals surface area contributed by atoms with E-state index in [1.165, 1.54) is 11.3 Å². The molecule has 1 aliphatic heterocycles. The van der Waals surface area contributed by atoms with Gasteiger partial charge in [0.05, 0.1) is 40.0 Å². The number of rotatable bonds is 8. The van der Waals surface area contributed by atoms with Gasteiger partial charge in [-0.25, -0.2) is 9.79 Å². The molecule has 2 heterocycles. The maximum Gasteiger partial charge on any atom is 0.338 e. The summed E-state index contributed by atoms with van der Waals surface area (Å²) < 4.78 is 19.1. The van der Waals surface area contributed by atoms with Gasteiger partial charge in [0.15, 0.2) is 4.80 Å². The molecular weight excluding hydrogens is 544 g/mol. The fraction of sp³-hybridized carbons (Fsp3) is 0.222. The maximum absolute atomic E-state index is 13.7. The second-order valence-electron chi connectivity index (χ2n) is 7.87. The Morgan fingerprint density at radius 2 is 2.08 bits per heavy atom. The molecule has 0 saturated carbocycles. The smallest absolute Gasteiger partial charge is 0.338 e. The van der Waals surface area contributed by atoms with Crippen molar-refractivity contribution in [2.24, 2.45) is 4.99 Å². The van der Waals surface area contributed by atoms with Crippen LogP contribution in [-0.4, -0.2) is 30.9 Å². The van der Waals surface area contributed by atoms with Gasteiger partial charge in [0, 0.05) is 0 Å². The third kappa shape index (κ3) is 5.08. The molecule has 1 atom stereocenters. The number of fused-ring (bicyclic) bond motifs is 1. The fourth-order valence-electron chi connectivity index (χ4n) is 3.96. The molecule has 0 fully saturated rings. The number of hydrogen-bond donors (Lipinski definition) is 0. The van der Waals surface area contributed by atoms with Crippen LogP contribution in [0.1, 0.15) is 31.0 Å². The van der Waals surface area contributed by atoms with Gasteiger partial charge in [0.1, 0.15) is 18.1 Å². The Morgan fingerprint density at radius 3 is 2.78 bits per heavy atom. The lowest BCUT2D eigenvalue weighted by Gasteiger charge is -2.25. The molecule has 36 heavy (non-hydrogen) atoms. The summed E-state index contributed by atoms with van der Waals surface area (Å²) in [7, 11) is 1.58. The van der Waals surface area contributed by atoms with Crippen molar-refractivity contribution in [1.82, 2.24) is 4.57 Å². The number of carbonyl (C=O) groups is 1. The average molecular weight is 569 g/mol. The quantitative estimate of drug-likeness (QED) is 0.301. The Labute approximate surface area is 220 Å². The Kier molecular flexibility index (Phi) is 7.91. The van der Waals surface area contributed by atoms with Gasteiger partial charge in [-0.15, -0.1) is 0 Å². The van der Waals surface area contributed by atoms with Crippen molar-refractivity contribution < 1.29 is 19.0 Å². The number of allylic oxidation sites excluding steroid dienone is 1. The van der Waals surface area contributed by atoms with E-state index in [1.54, 1.807) is 43.7 Å². The molecule has 0 amide bonds. The van der Waals surface area contributed by atoms with Crippen LogP contribution in [0.2, 0.25) is 0 Å². The monoisotopic (exact) mass is 568 g/mol. The van der Waals surface area contributed by atoms with E-state index >= 15 is 0 Å². The van der Waals surface area contributed by atoms with E-state index in [9.17, 15) is 9.59 Å². The van der Waals surface area contributed by atoms with Gasteiger partial charge < -0.3 is 14.2 Å². The number of aromatic nitrogens is 1. The Morgan fingerprint density at radius 1 is 1.28 bits per heavy atom. The Hall–Kier alpha value is -3.43. The van der Waals surface area contributed by atoms with Crippen molar-refractivity contribution in [2.75, 3.05) is 20.3 Å². The highest BCUT2D eigenvalue weighted by Crippen LogP contribution is 2.35. The number of nitrogens with zero attached hydrogens (tertiary/aromatic N) is 2. The minimum Gasteiger partial charge on any atom is -0.496 e. The van der Waals surface area contributed by atoms with Crippen LogP contribution in [-0.2, 0) is 9.53 Å². The van der Waals surface area contributed by atoms with Crippen LogP contribution in [0, 0.1) is 0 Å². The Bertz CT molecular complexity index is 1540. The first-order valence-corrected chi connectivity index (χ1v) is 12.9. The number of esters is 1. The molecule has 3 aromatic rings. The van der Waals surface area contributed by atoms with Crippen molar-refractivity contribution in [3.63, 3.8) is 0 Å². The number of carbonyl (C=O) groups excluding carboxylic acids is 1. The molecule has 186 valence electrons. The summed E-state index contributed by atoms with van der Waals surface area (Å²) in [6.07, 6.45) is 3.47. The van der Waals surface area contributed by atoms with Crippen molar-refractivity contribution in [3.05, 3.63) is 102 Å². The fourth-order valence-corrected chi connectivity index (χ4v) is 5.57. The zero-order chi connectivity index (χ0) is 25.8. The first kappa shape index (κ1) is 25.7. The van der Waals surface area contributed by atoms with E-state index in [4.69, 9.17) is 14.2 Å². The summed E-state index contributed by atoms with van der Waals surface area (Å²) in [5.74, 6) is 0.818. The van der Waals surface area contributed by atoms with Crippen LogP contribution < -0.4 is 24.4 Å². The molecule has 0 saturated heterocycles. The van der Waals surface area contributed by atoms with Crippen molar-refractivity contribution >= 4 is 39.3 Å². The molecule has 0 bridgehead atoms. The molecule has 2 aromatic carbocycles. The number of thiazole rings is 1. The van der Waals surface area contributed by atoms with Crippen LogP contribution in [0.5, 0.6) is 11.5 Å². The summed E-state index contributed by atoms with van der Waals surface area (Å²) >= 11 is 4.79. The molecule has 0 N–H and O–H groups in total. The van der Waals surface area contributed by atoms with Crippen LogP contribution in [0.3, 0.4) is 0 Å². The highest BCUT2D eigenvalue weighted by Gasteiger charge is 2.33. The Balaban J connectivity index is 1.90. The van der Waals surface area contributed by atoms with Crippen molar-refractivity contribution in [3.8, 4) is 11.5 Å². The zero-order valence-electron chi connectivity index (χ0n) is 20.1. The molecule has 7 nitrogen and oxygen atoms in total. The van der Waals surface area contributed by atoms with Crippen LogP contribution >= 0.6 is 27.3 Å². The third-order valence-corrected chi connectivity index (χ3v) is 7.13. The number of methoxy groups -OCH3 is 1. The van der Waals surface area contributed by atoms with Gasteiger partial charge in [0.25, 0.3) is 5.56 Å². The normalized spacial score (nSPS) is 15.2. The average Bonchev–Trinajstić information content (AvgIpc) is 3.16. The first-order chi connectivity index (χ1) is 17.4. The summed E-state index contributed by atoms with van der Waals surface area (Å²) in [4.78, 5) is 31.9. The maximum atomic E-state index is 13.7. The number of ether oxygens (including phenoxy) is 3. The van der Waals surface area contributed by atoms with Gasteiger partial charge in [-0.05, 0) is 71.2 Å². The van der Waals surface area contributed by atoms with Gasteiger partial charge in [0.2, 0.25) is 0 Å². The molecule has 9 heteroatoms. The summed E-state index contributed by atoms with van der Waals surface area (Å²) in [6.45, 7) is 7.77. The number of benzene rings is 2. The molecule has 0 radical (unpaired) electrons. The van der Waals surface area contributed by atoms with Gasteiger partial charge in [-0.1, -0.05) is 42.2 Å². The number of hydrogen-bond acceptors (Lipinski definition) is 7. The topological polar surface area (TPSA) is 79.1 Å². The second kappa shape index (κ2) is 11.1. The molecule has 1 aromatic heterocycles. The van der Waals surface area contributed by atoms with Gasteiger partial charge in [-0.3, -0.25) is 9.36 Å². The van der Waals surface area contributed by atoms with E-state index in [2.05, 4.69) is 27.5 Å². The lowest BCUT2D eigenvalue weighted by Crippen LogP contribution is -2.39. The predicted molar refractivity (Wildman–Crippen MR) is 143 cm³/mol. The van der Waals surface area contributed by atoms with E-state index < -0.39 is 12.0 Å². The standard InChI is InChI=1S/C27H25BrN2O5S/c1-5-12-35-19-9-7-8-17(13-19)14-22-25(31)30-24(18-10-11-21(33-4)20(28)15-18)23(26(32)34-6-2)16(3)29-27(30)36-22/h5,7-11,13-15,24H,1,6,12H2,2-4H3/b22-14+/t24-/m0/s1. The van der Waals surface area contributed by atoms with Crippen molar-refractivity contribution in [1.29, 1.82) is 0 Å². The predicted octanol–water partition coefficient (Wildman–Crippen LogP) is 4.13. The minimum atomic E-state index is -0.702. The van der Waals surface area contributed by atoms with Crippen LogP contribution in [0.15, 0.2) is 80.6 Å². The molecule has 1 aliphatic rings. The highest BCUT2D eigenvalue weighted by molar-refractivity contribution is 9.10. The lowest BCUT2D eigenvalue weighted by atomic mass is 9.96. The van der Waals surface area contributed by atoms with Crippen LogP contribution in [0.25, 0.3) is 6.08 Å². The van der Waals surface area contributed by atoms with Crippen LogP contribution in [0.4, 0.5) is 0 Å². The van der Waals surface area contributed by atoms with Crippen molar-refractivity contribution in [2.45, 2.75) is 19.9 Å². The minimum absolute atomic E-state index is 0.212. The highest BCUT2D eigenvalue weighted by atomic mass is 79.9. The SMILES string of the molecule is C=CCOc1cccc(/C=c2/sc3n(c2=O)[C@@H](c2ccc(OC)c(Br)c2)C(C(=O)OCC)=C(C)N=3)c1. The molecule has 0 unspecified atom stereocenters. The molecule has 4 rings (SSSR count).